The Bertz CT molecular complexity index is 437. The fourth-order valence-electron chi connectivity index (χ4n) is 3.36. The van der Waals surface area contributed by atoms with E-state index in [1.165, 1.54) is 5.56 Å². The maximum Gasteiger partial charge on any atom is 0.119 e. The van der Waals surface area contributed by atoms with Crippen LogP contribution in [0.3, 0.4) is 0 Å². The second-order valence-electron chi connectivity index (χ2n) is 6.38. The van der Waals surface area contributed by atoms with Crippen molar-refractivity contribution in [3.63, 3.8) is 0 Å². The SMILES string of the molecule is O.OC1CCC(c2ccc(OCCN3CCOCC3)cc2)CC1. The lowest BCUT2D eigenvalue weighted by Crippen LogP contribution is -2.38. The third kappa shape index (κ3) is 5.46. The normalized spacial score (nSPS) is 25.6. The molecule has 2 aliphatic rings. The molecule has 1 saturated heterocycles. The first-order chi connectivity index (χ1) is 10.8. The van der Waals surface area contributed by atoms with Gasteiger partial charge in [0.2, 0.25) is 0 Å². The summed E-state index contributed by atoms with van der Waals surface area (Å²) in [7, 11) is 0. The molecule has 0 atom stereocenters. The van der Waals surface area contributed by atoms with Crippen LogP contribution in [0.4, 0.5) is 0 Å². The molecule has 2 fully saturated rings. The van der Waals surface area contributed by atoms with E-state index >= 15 is 0 Å². The molecular formula is C18H29NO4. The van der Waals surface area contributed by atoms with E-state index in [0.29, 0.717) is 5.92 Å². The van der Waals surface area contributed by atoms with Crippen LogP contribution >= 0.6 is 0 Å². The molecule has 0 aromatic heterocycles. The highest BCUT2D eigenvalue weighted by Gasteiger charge is 2.20. The maximum absolute atomic E-state index is 9.59. The predicted molar refractivity (Wildman–Crippen MR) is 90.0 cm³/mol. The van der Waals surface area contributed by atoms with Gasteiger partial charge >= 0.3 is 0 Å². The highest BCUT2D eigenvalue weighted by atomic mass is 16.5. The molecule has 1 aromatic rings. The van der Waals surface area contributed by atoms with E-state index in [9.17, 15) is 5.11 Å². The lowest BCUT2D eigenvalue weighted by Gasteiger charge is -2.26. The standard InChI is InChI=1S/C18H27NO3.H2O/c20-17-5-1-15(2-6-17)16-3-7-18(8-4-16)22-14-11-19-9-12-21-13-10-19;/h3-4,7-8,15,17,20H,1-2,5-6,9-14H2;1H2. The van der Waals surface area contributed by atoms with Crippen molar-refractivity contribution in [2.24, 2.45) is 0 Å². The van der Waals surface area contributed by atoms with E-state index in [0.717, 1.165) is 70.9 Å². The zero-order chi connectivity index (χ0) is 15.2. The van der Waals surface area contributed by atoms with Gasteiger partial charge in [0, 0.05) is 19.6 Å². The van der Waals surface area contributed by atoms with Gasteiger partial charge in [-0.05, 0) is 49.3 Å². The van der Waals surface area contributed by atoms with E-state index < -0.39 is 0 Å². The number of benzene rings is 1. The molecule has 5 nitrogen and oxygen atoms in total. The number of nitrogens with zero attached hydrogens (tertiary/aromatic N) is 1. The second-order valence-corrected chi connectivity index (χ2v) is 6.38. The molecule has 1 heterocycles. The topological polar surface area (TPSA) is 73.4 Å². The lowest BCUT2D eigenvalue weighted by molar-refractivity contribution is 0.0322. The van der Waals surface area contributed by atoms with Crippen LogP contribution in [0, 0.1) is 0 Å². The summed E-state index contributed by atoms with van der Waals surface area (Å²) in [4.78, 5) is 2.38. The number of ether oxygens (including phenoxy) is 2. The molecule has 3 rings (SSSR count). The lowest BCUT2D eigenvalue weighted by atomic mass is 9.83. The minimum absolute atomic E-state index is 0. The van der Waals surface area contributed by atoms with Gasteiger partial charge in [-0.25, -0.2) is 0 Å². The monoisotopic (exact) mass is 323 g/mol. The first-order valence-corrected chi connectivity index (χ1v) is 8.52. The largest absolute Gasteiger partial charge is 0.492 e. The van der Waals surface area contributed by atoms with Crippen molar-refractivity contribution >= 4 is 0 Å². The predicted octanol–water partition coefficient (Wildman–Crippen LogP) is 1.59. The molecule has 0 bridgehead atoms. The third-order valence-corrected chi connectivity index (χ3v) is 4.83. The van der Waals surface area contributed by atoms with Gasteiger partial charge in [0.05, 0.1) is 19.3 Å². The van der Waals surface area contributed by atoms with Crippen molar-refractivity contribution in [2.75, 3.05) is 39.5 Å². The van der Waals surface area contributed by atoms with Crippen LogP contribution in [0.1, 0.15) is 37.2 Å². The van der Waals surface area contributed by atoms with E-state index in [-0.39, 0.29) is 11.6 Å². The van der Waals surface area contributed by atoms with Gasteiger partial charge in [-0.15, -0.1) is 0 Å². The van der Waals surface area contributed by atoms with Gasteiger partial charge in [-0.3, -0.25) is 4.90 Å². The number of hydrogen-bond donors (Lipinski definition) is 1. The average molecular weight is 323 g/mol. The van der Waals surface area contributed by atoms with E-state index in [1.807, 2.05) is 0 Å². The molecule has 0 unspecified atom stereocenters. The molecule has 0 amide bonds. The van der Waals surface area contributed by atoms with E-state index in [4.69, 9.17) is 9.47 Å². The van der Waals surface area contributed by atoms with Gasteiger partial charge in [0.15, 0.2) is 0 Å². The summed E-state index contributed by atoms with van der Waals surface area (Å²) in [5.41, 5.74) is 1.38. The smallest absolute Gasteiger partial charge is 0.119 e. The zero-order valence-corrected chi connectivity index (χ0v) is 13.7. The molecule has 1 aromatic carbocycles. The summed E-state index contributed by atoms with van der Waals surface area (Å²) in [6.45, 7) is 5.39. The summed E-state index contributed by atoms with van der Waals surface area (Å²) < 4.78 is 11.2. The van der Waals surface area contributed by atoms with Crippen LogP contribution in [0.15, 0.2) is 24.3 Å². The molecular weight excluding hydrogens is 294 g/mol. The van der Waals surface area contributed by atoms with Gasteiger partial charge in [0.25, 0.3) is 0 Å². The Morgan fingerprint density at radius 1 is 1.04 bits per heavy atom. The van der Waals surface area contributed by atoms with Crippen LogP contribution in [0.2, 0.25) is 0 Å². The number of hydrogen-bond acceptors (Lipinski definition) is 4. The van der Waals surface area contributed by atoms with Gasteiger partial charge < -0.3 is 20.1 Å². The number of aliphatic hydroxyl groups excluding tert-OH is 1. The summed E-state index contributed by atoms with van der Waals surface area (Å²) in [6, 6.07) is 8.54. The van der Waals surface area contributed by atoms with Crippen LogP contribution < -0.4 is 4.74 Å². The van der Waals surface area contributed by atoms with Crippen molar-refractivity contribution in [3.05, 3.63) is 29.8 Å². The van der Waals surface area contributed by atoms with Crippen molar-refractivity contribution < 1.29 is 20.1 Å². The summed E-state index contributed by atoms with van der Waals surface area (Å²) in [5, 5.41) is 9.59. The van der Waals surface area contributed by atoms with Crippen LogP contribution in [-0.4, -0.2) is 61.0 Å². The molecule has 1 saturated carbocycles. The number of aliphatic hydroxyl groups is 1. The first kappa shape index (κ1) is 18.2. The molecule has 0 radical (unpaired) electrons. The highest BCUT2D eigenvalue weighted by Crippen LogP contribution is 2.33. The summed E-state index contributed by atoms with van der Waals surface area (Å²) >= 11 is 0. The van der Waals surface area contributed by atoms with Gasteiger partial charge in [-0.1, -0.05) is 12.1 Å². The highest BCUT2D eigenvalue weighted by molar-refractivity contribution is 5.29. The zero-order valence-electron chi connectivity index (χ0n) is 13.7. The molecule has 130 valence electrons. The molecule has 23 heavy (non-hydrogen) atoms. The molecule has 5 heteroatoms. The fourth-order valence-corrected chi connectivity index (χ4v) is 3.36. The van der Waals surface area contributed by atoms with Crippen LogP contribution in [0.5, 0.6) is 5.75 Å². The molecule has 1 aliphatic heterocycles. The van der Waals surface area contributed by atoms with Crippen molar-refractivity contribution in [1.82, 2.24) is 4.90 Å². The molecule has 1 aliphatic carbocycles. The number of rotatable bonds is 5. The van der Waals surface area contributed by atoms with Crippen LogP contribution in [0.25, 0.3) is 0 Å². The van der Waals surface area contributed by atoms with Crippen molar-refractivity contribution in [2.45, 2.75) is 37.7 Å². The average Bonchev–Trinajstić information content (AvgIpc) is 2.57. The molecule has 0 spiro atoms. The van der Waals surface area contributed by atoms with Crippen LogP contribution in [-0.2, 0) is 4.74 Å². The quantitative estimate of drug-likeness (QED) is 0.893. The minimum atomic E-state index is -0.0842. The van der Waals surface area contributed by atoms with Crippen molar-refractivity contribution in [3.8, 4) is 5.75 Å². The first-order valence-electron chi connectivity index (χ1n) is 8.52. The Hall–Kier alpha value is -1.14. The molecule has 3 N–H and O–H groups in total. The Balaban J connectivity index is 0.00000192. The van der Waals surface area contributed by atoms with E-state index in [1.54, 1.807) is 0 Å². The Kier molecular flexibility index (Phi) is 7.30. The maximum atomic E-state index is 9.59. The van der Waals surface area contributed by atoms with Gasteiger partial charge in [0.1, 0.15) is 12.4 Å². The third-order valence-electron chi connectivity index (χ3n) is 4.83. The summed E-state index contributed by atoms with van der Waals surface area (Å²) in [6.07, 6.45) is 3.97. The Labute approximate surface area is 138 Å². The Morgan fingerprint density at radius 2 is 1.70 bits per heavy atom. The minimum Gasteiger partial charge on any atom is -0.492 e. The fraction of sp³-hybridized carbons (Fsp3) is 0.667. The summed E-state index contributed by atoms with van der Waals surface area (Å²) in [5.74, 6) is 1.55. The second kappa shape index (κ2) is 9.23. The van der Waals surface area contributed by atoms with Gasteiger partial charge in [-0.2, -0.15) is 0 Å². The van der Waals surface area contributed by atoms with E-state index in [2.05, 4.69) is 29.2 Å². The Morgan fingerprint density at radius 3 is 2.35 bits per heavy atom. The van der Waals surface area contributed by atoms with Crippen molar-refractivity contribution in [1.29, 1.82) is 0 Å². The number of morpholine rings is 1.